The molecule has 0 aliphatic carbocycles. The molecule has 0 saturated carbocycles. The van der Waals surface area contributed by atoms with Crippen LogP contribution in [0.2, 0.25) is 0 Å². The molecule has 0 bridgehead atoms. The molecular weight excluding hydrogens is 300 g/mol. The van der Waals surface area contributed by atoms with Gasteiger partial charge in [0.25, 0.3) is 0 Å². The number of aromatic nitrogens is 2. The average molecular weight is 318 g/mol. The van der Waals surface area contributed by atoms with Crippen molar-refractivity contribution in [3.63, 3.8) is 0 Å². The topological polar surface area (TPSA) is 144 Å². The number of carboxylic acid groups (broad SMARTS) is 1. The van der Waals surface area contributed by atoms with E-state index in [0.29, 0.717) is 0 Å². The van der Waals surface area contributed by atoms with E-state index in [0.717, 1.165) is 6.20 Å². The van der Waals surface area contributed by atoms with Gasteiger partial charge >= 0.3 is 5.97 Å². The molecule has 1 amide bonds. The van der Waals surface area contributed by atoms with Gasteiger partial charge < -0.3 is 10.8 Å². The normalized spacial score (nSPS) is 12.3. The Balaban J connectivity index is 2.83. The first-order valence-corrected chi connectivity index (χ1v) is 7.57. The fourth-order valence-corrected chi connectivity index (χ4v) is 3.07. The lowest BCUT2D eigenvalue weighted by molar-refractivity contribution is -0.137. The summed E-state index contributed by atoms with van der Waals surface area (Å²) in [6.45, 7) is 3.13. The van der Waals surface area contributed by atoms with Crippen molar-refractivity contribution < 1.29 is 23.1 Å². The second-order valence-corrected chi connectivity index (χ2v) is 6.90. The first kappa shape index (κ1) is 17.1. The monoisotopic (exact) mass is 318 g/mol. The number of nitrogens with zero attached hydrogens (tertiary/aromatic N) is 2. The van der Waals surface area contributed by atoms with Crippen LogP contribution in [0.4, 0.5) is 0 Å². The van der Waals surface area contributed by atoms with Crippen molar-refractivity contribution >= 4 is 21.9 Å². The molecular formula is C11H18N4O5S. The van der Waals surface area contributed by atoms with E-state index in [-0.39, 0.29) is 24.3 Å². The molecule has 0 fully saturated rings. The van der Waals surface area contributed by atoms with Gasteiger partial charge in [-0.1, -0.05) is 0 Å². The van der Waals surface area contributed by atoms with Crippen LogP contribution in [0.15, 0.2) is 17.3 Å². The molecule has 21 heavy (non-hydrogen) atoms. The lowest BCUT2D eigenvalue weighted by Gasteiger charge is -2.23. The van der Waals surface area contributed by atoms with Gasteiger partial charge in [0.1, 0.15) is 4.90 Å². The van der Waals surface area contributed by atoms with Crippen molar-refractivity contribution in [1.82, 2.24) is 14.5 Å². The van der Waals surface area contributed by atoms with Gasteiger partial charge in [0.15, 0.2) is 0 Å². The predicted molar refractivity (Wildman–Crippen MR) is 72.7 cm³/mol. The third kappa shape index (κ3) is 5.52. The van der Waals surface area contributed by atoms with Gasteiger partial charge in [-0.25, -0.2) is 13.1 Å². The molecule has 0 saturated heterocycles. The predicted octanol–water partition coefficient (Wildman–Crippen LogP) is -0.710. The summed E-state index contributed by atoms with van der Waals surface area (Å²) in [6, 6.07) is 0. The van der Waals surface area contributed by atoms with Crippen LogP contribution in [0.25, 0.3) is 0 Å². The van der Waals surface area contributed by atoms with Crippen LogP contribution in [0.3, 0.4) is 0 Å². The molecule has 10 heteroatoms. The molecule has 1 heterocycles. The Labute approximate surface area is 122 Å². The fourth-order valence-electron chi connectivity index (χ4n) is 1.71. The highest BCUT2D eigenvalue weighted by Gasteiger charge is 2.28. The molecule has 0 spiro atoms. The van der Waals surface area contributed by atoms with Crippen LogP contribution in [0.5, 0.6) is 0 Å². The molecule has 1 aromatic heterocycles. The Hall–Kier alpha value is -1.94. The van der Waals surface area contributed by atoms with Crippen LogP contribution in [-0.4, -0.2) is 40.7 Å². The number of aryl methyl sites for hydroxylation is 1. The minimum atomic E-state index is -3.87. The lowest BCUT2D eigenvalue weighted by Crippen LogP contribution is -2.45. The third-order valence-electron chi connectivity index (χ3n) is 2.50. The first-order valence-electron chi connectivity index (χ1n) is 6.08. The molecule has 9 nitrogen and oxygen atoms in total. The SMILES string of the molecule is CC(C)(CC(N)=O)NS(=O)(=O)c1cnn(CCC(=O)O)c1. The van der Waals surface area contributed by atoms with Crippen LogP contribution < -0.4 is 10.5 Å². The molecule has 1 aromatic rings. The quantitative estimate of drug-likeness (QED) is 0.577. The molecule has 0 aliphatic rings. The number of sulfonamides is 1. The summed E-state index contributed by atoms with van der Waals surface area (Å²) < 4.78 is 27.9. The largest absolute Gasteiger partial charge is 0.481 e. The second kappa shape index (κ2) is 6.22. The van der Waals surface area contributed by atoms with Crippen molar-refractivity contribution in [2.75, 3.05) is 0 Å². The highest BCUT2D eigenvalue weighted by atomic mass is 32.2. The van der Waals surface area contributed by atoms with Gasteiger partial charge in [-0.05, 0) is 13.8 Å². The van der Waals surface area contributed by atoms with E-state index in [1.54, 1.807) is 0 Å². The van der Waals surface area contributed by atoms with E-state index in [2.05, 4.69) is 9.82 Å². The minimum Gasteiger partial charge on any atom is -0.481 e. The number of primary amides is 1. The van der Waals surface area contributed by atoms with E-state index in [1.165, 1.54) is 24.7 Å². The van der Waals surface area contributed by atoms with Crippen molar-refractivity contribution in [3.05, 3.63) is 12.4 Å². The lowest BCUT2D eigenvalue weighted by atomic mass is 10.0. The molecule has 118 valence electrons. The number of hydrogen-bond acceptors (Lipinski definition) is 5. The second-order valence-electron chi connectivity index (χ2n) is 5.22. The van der Waals surface area contributed by atoms with Gasteiger partial charge in [0.2, 0.25) is 15.9 Å². The summed E-state index contributed by atoms with van der Waals surface area (Å²) in [5, 5.41) is 12.4. The Morgan fingerprint density at radius 3 is 2.62 bits per heavy atom. The van der Waals surface area contributed by atoms with E-state index in [4.69, 9.17) is 10.8 Å². The fraction of sp³-hybridized carbons (Fsp3) is 0.545. The Morgan fingerprint density at radius 1 is 1.48 bits per heavy atom. The van der Waals surface area contributed by atoms with Crippen LogP contribution in [0.1, 0.15) is 26.7 Å². The van der Waals surface area contributed by atoms with Crippen LogP contribution in [0, 0.1) is 0 Å². The number of carboxylic acids is 1. The molecule has 0 aromatic carbocycles. The van der Waals surface area contributed by atoms with Gasteiger partial charge in [-0.15, -0.1) is 0 Å². The zero-order valence-corrected chi connectivity index (χ0v) is 12.6. The number of nitrogens with one attached hydrogen (secondary N) is 1. The van der Waals surface area contributed by atoms with Gasteiger partial charge in [0, 0.05) is 18.2 Å². The molecule has 0 atom stereocenters. The first-order chi connectivity index (χ1) is 9.52. The summed E-state index contributed by atoms with van der Waals surface area (Å²) >= 11 is 0. The summed E-state index contributed by atoms with van der Waals surface area (Å²) in [5.74, 6) is -1.63. The average Bonchev–Trinajstić information content (AvgIpc) is 2.71. The minimum absolute atomic E-state index is 0.0650. The summed E-state index contributed by atoms with van der Waals surface area (Å²) in [5.41, 5.74) is 4.03. The molecule has 1 rings (SSSR count). The number of carbonyl (C=O) groups excluding carboxylic acids is 1. The highest BCUT2D eigenvalue weighted by molar-refractivity contribution is 7.89. The number of carbonyl (C=O) groups is 2. The Morgan fingerprint density at radius 2 is 2.10 bits per heavy atom. The van der Waals surface area contributed by atoms with Crippen molar-refractivity contribution in [2.45, 2.75) is 43.7 Å². The maximum Gasteiger partial charge on any atom is 0.305 e. The van der Waals surface area contributed by atoms with E-state index >= 15 is 0 Å². The van der Waals surface area contributed by atoms with E-state index in [1.807, 2.05) is 0 Å². The smallest absolute Gasteiger partial charge is 0.305 e. The third-order valence-corrected chi connectivity index (χ3v) is 4.15. The maximum atomic E-state index is 12.1. The van der Waals surface area contributed by atoms with Crippen LogP contribution in [-0.2, 0) is 26.2 Å². The molecule has 0 aliphatic heterocycles. The summed E-state index contributed by atoms with van der Waals surface area (Å²) in [4.78, 5) is 21.3. The number of rotatable bonds is 8. The summed E-state index contributed by atoms with van der Waals surface area (Å²) in [7, 11) is -3.87. The van der Waals surface area contributed by atoms with Gasteiger partial charge in [-0.2, -0.15) is 5.10 Å². The van der Waals surface area contributed by atoms with E-state index in [9.17, 15) is 18.0 Å². The van der Waals surface area contributed by atoms with Crippen molar-refractivity contribution in [3.8, 4) is 0 Å². The molecule has 0 radical (unpaired) electrons. The van der Waals surface area contributed by atoms with E-state index < -0.39 is 27.4 Å². The molecule has 0 unspecified atom stereocenters. The number of nitrogens with two attached hydrogens (primary N) is 1. The Bertz CT molecular complexity index is 635. The Kier molecular flexibility index (Phi) is 5.07. The van der Waals surface area contributed by atoms with Crippen molar-refractivity contribution in [1.29, 1.82) is 0 Å². The number of amides is 1. The zero-order valence-electron chi connectivity index (χ0n) is 11.7. The summed E-state index contributed by atoms with van der Waals surface area (Å²) in [6.07, 6.45) is 2.03. The maximum absolute atomic E-state index is 12.1. The number of hydrogen-bond donors (Lipinski definition) is 3. The molecule has 4 N–H and O–H groups in total. The zero-order chi connectivity index (χ0) is 16.3. The van der Waals surface area contributed by atoms with Crippen LogP contribution >= 0.6 is 0 Å². The van der Waals surface area contributed by atoms with Gasteiger partial charge in [-0.3, -0.25) is 14.3 Å². The number of aliphatic carboxylic acids is 1. The standard InChI is InChI=1S/C11H18N4O5S/c1-11(2,5-9(12)16)14-21(19,20)8-6-13-15(7-8)4-3-10(17)18/h6-7,14H,3-5H2,1-2H3,(H2,12,16)(H,17,18). The van der Waals surface area contributed by atoms with Gasteiger partial charge in [0.05, 0.1) is 19.2 Å². The van der Waals surface area contributed by atoms with Crippen molar-refractivity contribution in [2.24, 2.45) is 5.73 Å². The highest BCUT2D eigenvalue weighted by Crippen LogP contribution is 2.15.